The molecule has 0 spiro atoms. The fourth-order valence-corrected chi connectivity index (χ4v) is 5.06. The van der Waals surface area contributed by atoms with Crippen molar-refractivity contribution in [1.29, 1.82) is 0 Å². The van der Waals surface area contributed by atoms with Gasteiger partial charge in [0.05, 0.1) is 5.88 Å². The van der Waals surface area contributed by atoms with Gasteiger partial charge in [0.15, 0.2) is 0 Å². The molecule has 5 rings (SSSR count). The molecule has 0 radical (unpaired) electrons. The summed E-state index contributed by atoms with van der Waals surface area (Å²) in [5.74, 6) is 1.08. The maximum atomic E-state index is 2.51. The number of thioether (sulfide) groups is 1. The molecule has 0 saturated carbocycles. The van der Waals surface area contributed by atoms with Crippen LogP contribution in [0, 0.1) is 0 Å². The molecule has 1 unspecified atom stereocenters. The van der Waals surface area contributed by atoms with Crippen molar-refractivity contribution in [3.63, 3.8) is 0 Å². The topological polar surface area (TPSA) is 8.17 Å². The van der Waals surface area contributed by atoms with Gasteiger partial charge >= 0.3 is 0 Å². The molecule has 2 nitrogen and oxygen atoms in total. The molecule has 1 aliphatic heterocycles. The first-order chi connectivity index (χ1) is 12.4. The zero-order valence-electron chi connectivity index (χ0n) is 14.0. The minimum atomic E-state index is 0.611. The number of rotatable bonds is 3. The zero-order valence-corrected chi connectivity index (χ0v) is 14.8. The second-order valence-electron chi connectivity index (χ2n) is 6.62. The van der Waals surface area contributed by atoms with Gasteiger partial charge in [-0.3, -0.25) is 0 Å². The molecule has 25 heavy (non-hydrogen) atoms. The van der Waals surface area contributed by atoms with E-state index < -0.39 is 0 Å². The summed E-state index contributed by atoms with van der Waals surface area (Å²) in [5, 5.41) is 3.33. The summed E-state index contributed by atoms with van der Waals surface area (Å²) in [6.45, 7) is 2.16. The predicted molar refractivity (Wildman–Crippen MR) is 109 cm³/mol. The smallest absolute Gasteiger partial charge is 0.0644 e. The number of fused-ring (bicyclic) bond motifs is 3. The average Bonchev–Trinajstić information content (AvgIpc) is 3.27. The highest BCUT2D eigenvalue weighted by atomic mass is 32.2. The molecule has 0 amide bonds. The van der Waals surface area contributed by atoms with Crippen LogP contribution in [0.4, 0.5) is 5.69 Å². The van der Waals surface area contributed by atoms with E-state index in [0.29, 0.717) is 5.25 Å². The first-order valence-electron chi connectivity index (χ1n) is 8.78. The number of benzene rings is 3. The van der Waals surface area contributed by atoms with Crippen molar-refractivity contribution in [2.45, 2.75) is 11.8 Å². The summed E-state index contributed by atoms with van der Waals surface area (Å²) in [7, 11) is 0. The van der Waals surface area contributed by atoms with Crippen LogP contribution in [-0.2, 0) is 6.54 Å². The van der Waals surface area contributed by atoms with E-state index in [1.54, 1.807) is 0 Å². The third-order valence-electron chi connectivity index (χ3n) is 5.08. The lowest BCUT2D eigenvalue weighted by Gasteiger charge is -2.18. The number of aromatic nitrogens is 1. The van der Waals surface area contributed by atoms with E-state index >= 15 is 0 Å². The normalized spacial score (nSPS) is 17.6. The SMILES string of the molecule is c1ccc(N2CSC(Cn3c4ccccc4c4ccccc43)C2)cc1. The second-order valence-corrected chi connectivity index (χ2v) is 7.88. The Morgan fingerprint density at radius 2 is 1.36 bits per heavy atom. The molecular weight excluding hydrogens is 324 g/mol. The van der Waals surface area contributed by atoms with Gasteiger partial charge in [0.25, 0.3) is 0 Å². The standard InChI is InChI=1S/C22H20N2S/c1-2-8-17(9-3-1)23-14-18(25-16-23)15-24-21-12-6-4-10-19(21)20-11-5-7-13-22(20)24/h1-13,18H,14-16H2. The van der Waals surface area contributed by atoms with Gasteiger partial charge < -0.3 is 9.47 Å². The van der Waals surface area contributed by atoms with Crippen LogP contribution in [-0.4, -0.2) is 22.2 Å². The number of nitrogens with zero attached hydrogens (tertiary/aromatic N) is 2. The Balaban J connectivity index is 1.48. The van der Waals surface area contributed by atoms with Crippen LogP contribution in [0.2, 0.25) is 0 Å². The van der Waals surface area contributed by atoms with Crippen molar-refractivity contribution >= 4 is 39.3 Å². The number of hydrogen-bond acceptors (Lipinski definition) is 2. The lowest BCUT2D eigenvalue weighted by atomic mass is 10.2. The molecule has 2 heterocycles. The molecule has 0 bridgehead atoms. The van der Waals surface area contributed by atoms with Crippen molar-refractivity contribution in [2.24, 2.45) is 0 Å². The van der Waals surface area contributed by atoms with Crippen molar-refractivity contribution in [3.05, 3.63) is 78.9 Å². The molecule has 1 saturated heterocycles. The number of hydrogen-bond donors (Lipinski definition) is 0. The molecule has 3 aromatic carbocycles. The Hall–Kier alpha value is -2.39. The van der Waals surface area contributed by atoms with E-state index in [1.807, 2.05) is 0 Å². The highest BCUT2D eigenvalue weighted by molar-refractivity contribution is 8.00. The number of para-hydroxylation sites is 3. The van der Waals surface area contributed by atoms with Gasteiger partial charge in [0, 0.05) is 45.8 Å². The quantitative estimate of drug-likeness (QED) is 0.493. The lowest BCUT2D eigenvalue weighted by molar-refractivity contribution is 0.703. The van der Waals surface area contributed by atoms with Crippen LogP contribution < -0.4 is 4.90 Å². The third kappa shape index (κ3) is 2.59. The average molecular weight is 344 g/mol. The van der Waals surface area contributed by atoms with Gasteiger partial charge in [-0.1, -0.05) is 54.6 Å². The van der Waals surface area contributed by atoms with Gasteiger partial charge in [-0.25, -0.2) is 0 Å². The van der Waals surface area contributed by atoms with E-state index in [2.05, 4.69) is 100 Å². The van der Waals surface area contributed by atoms with Gasteiger partial charge in [-0.15, -0.1) is 11.8 Å². The zero-order chi connectivity index (χ0) is 16.6. The van der Waals surface area contributed by atoms with Gasteiger partial charge in [-0.2, -0.15) is 0 Å². The molecule has 3 heteroatoms. The van der Waals surface area contributed by atoms with E-state index in [0.717, 1.165) is 19.0 Å². The Labute approximate surface area is 152 Å². The lowest BCUT2D eigenvalue weighted by Crippen LogP contribution is -2.23. The Morgan fingerprint density at radius 3 is 2.04 bits per heavy atom. The van der Waals surface area contributed by atoms with Crippen molar-refractivity contribution in [2.75, 3.05) is 17.3 Å². The first kappa shape index (κ1) is 14.9. The third-order valence-corrected chi connectivity index (χ3v) is 6.31. The van der Waals surface area contributed by atoms with Gasteiger partial charge in [-0.05, 0) is 24.3 Å². The second kappa shape index (κ2) is 6.16. The Morgan fingerprint density at radius 1 is 0.760 bits per heavy atom. The minimum Gasteiger partial charge on any atom is -0.361 e. The van der Waals surface area contributed by atoms with Crippen molar-refractivity contribution in [3.8, 4) is 0 Å². The summed E-state index contributed by atoms with van der Waals surface area (Å²) in [6.07, 6.45) is 0. The van der Waals surface area contributed by atoms with Crippen LogP contribution in [0.5, 0.6) is 0 Å². The summed E-state index contributed by atoms with van der Waals surface area (Å²) < 4.78 is 2.51. The molecule has 0 N–H and O–H groups in total. The van der Waals surface area contributed by atoms with Crippen LogP contribution >= 0.6 is 11.8 Å². The maximum Gasteiger partial charge on any atom is 0.0644 e. The summed E-state index contributed by atoms with van der Waals surface area (Å²) in [6, 6.07) is 28.3. The van der Waals surface area contributed by atoms with Gasteiger partial charge in [0.2, 0.25) is 0 Å². The summed E-state index contributed by atoms with van der Waals surface area (Å²) in [4.78, 5) is 2.49. The van der Waals surface area contributed by atoms with E-state index in [4.69, 9.17) is 0 Å². The molecule has 4 aromatic rings. The van der Waals surface area contributed by atoms with Gasteiger partial charge in [0.1, 0.15) is 0 Å². The highest BCUT2D eigenvalue weighted by Crippen LogP contribution is 2.33. The molecule has 1 aromatic heterocycles. The van der Waals surface area contributed by atoms with Crippen LogP contribution in [0.3, 0.4) is 0 Å². The minimum absolute atomic E-state index is 0.611. The molecule has 1 atom stereocenters. The molecular formula is C22H20N2S. The maximum absolute atomic E-state index is 2.51. The van der Waals surface area contributed by atoms with Crippen molar-refractivity contribution < 1.29 is 0 Å². The monoisotopic (exact) mass is 344 g/mol. The molecule has 124 valence electrons. The van der Waals surface area contributed by atoms with Crippen LogP contribution in [0.15, 0.2) is 78.9 Å². The molecule has 0 aliphatic carbocycles. The Kier molecular flexibility index (Phi) is 3.67. The number of anilines is 1. The summed E-state index contributed by atoms with van der Waals surface area (Å²) >= 11 is 2.07. The highest BCUT2D eigenvalue weighted by Gasteiger charge is 2.24. The molecule has 1 aliphatic rings. The van der Waals surface area contributed by atoms with Crippen molar-refractivity contribution in [1.82, 2.24) is 4.57 Å². The fourth-order valence-electron chi connectivity index (χ4n) is 3.88. The largest absolute Gasteiger partial charge is 0.361 e. The van der Waals surface area contributed by atoms with Crippen LogP contribution in [0.1, 0.15) is 0 Å². The summed E-state index contributed by atoms with van der Waals surface area (Å²) in [5.41, 5.74) is 4.03. The Bertz CT molecular complexity index is 969. The van der Waals surface area contributed by atoms with E-state index in [-0.39, 0.29) is 0 Å². The van der Waals surface area contributed by atoms with E-state index in [9.17, 15) is 0 Å². The van der Waals surface area contributed by atoms with Crippen LogP contribution in [0.25, 0.3) is 21.8 Å². The van der Waals surface area contributed by atoms with E-state index in [1.165, 1.54) is 27.5 Å². The molecule has 1 fully saturated rings. The first-order valence-corrected chi connectivity index (χ1v) is 9.82. The fraction of sp³-hybridized carbons (Fsp3) is 0.182. The predicted octanol–water partition coefficient (Wildman–Crippen LogP) is 5.37.